The number of benzene rings is 4. The lowest BCUT2D eigenvalue weighted by Crippen LogP contribution is -2.04. The Hall–Kier alpha value is -5.38. The number of rotatable bonds is 12. The van der Waals surface area contributed by atoms with E-state index in [-0.39, 0.29) is 11.4 Å². The molecule has 0 aliphatic carbocycles. The largest absolute Gasteiger partial charge is 0.493 e. The summed E-state index contributed by atoms with van der Waals surface area (Å²) in [6.07, 6.45) is 3.99. The summed E-state index contributed by atoms with van der Waals surface area (Å²) in [5.74, 6) is 1.44. The van der Waals surface area contributed by atoms with Gasteiger partial charge in [-0.3, -0.25) is 30.2 Å². The SMILES string of the molecule is O=[N+]([O-])c1ccc(C=Nc2ccc(OCCCOc3ccc(N=Cc4ccc([N+](=O)[O-])cc4)cc3)cc2)cc1. The molecule has 0 amide bonds. The fourth-order valence-electron chi connectivity index (χ4n) is 3.36. The Bertz CT molecular complexity index is 1340. The number of nitro groups is 2. The van der Waals surface area contributed by atoms with Crippen molar-refractivity contribution in [1.29, 1.82) is 0 Å². The van der Waals surface area contributed by atoms with Crippen LogP contribution in [0.5, 0.6) is 11.5 Å². The molecule has 0 saturated carbocycles. The van der Waals surface area contributed by atoms with Crippen LogP contribution in [0.25, 0.3) is 0 Å². The minimum Gasteiger partial charge on any atom is -0.493 e. The molecule has 0 heterocycles. The summed E-state index contributed by atoms with van der Waals surface area (Å²) in [5, 5.41) is 21.5. The Labute approximate surface area is 224 Å². The second kappa shape index (κ2) is 13.2. The predicted molar refractivity (Wildman–Crippen MR) is 149 cm³/mol. The lowest BCUT2D eigenvalue weighted by atomic mass is 10.2. The summed E-state index contributed by atoms with van der Waals surface area (Å²) in [6.45, 7) is 0.978. The van der Waals surface area contributed by atoms with E-state index in [1.165, 1.54) is 24.3 Å². The summed E-state index contributed by atoms with van der Waals surface area (Å²) in [5.41, 5.74) is 3.10. The zero-order chi connectivity index (χ0) is 27.5. The quantitative estimate of drug-likeness (QED) is 0.0862. The van der Waals surface area contributed by atoms with E-state index in [0.29, 0.717) is 19.6 Å². The number of nitrogens with zero attached hydrogens (tertiary/aromatic N) is 4. The summed E-state index contributed by atoms with van der Waals surface area (Å²) in [7, 11) is 0. The highest BCUT2D eigenvalue weighted by molar-refractivity contribution is 5.83. The van der Waals surface area contributed by atoms with Crippen molar-refractivity contribution in [3.63, 3.8) is 0 Å². The number of nitro benzene ring substituents is 2. The highest BCUT2D eigenvalue weighted by Crippen LogP contribution is 2.20. The van der Waals surface area contributed by atoms with Crippen molar-refractivity contribution >= 4 is 35.2 Å². The maximum atomic E-state index is 10.7. The van der Waals surface area contributed by atoms with Gasteiger partial charge in [0.15, 0.2) is 0 Å². The molecule has 0 fully saturated rings. The van der Waals surface area contributed by atoms with Gasteiger partial charge in [0.2, 0.25) is 0 Å². The highest BCUT2D eigenvalue weighted by Gasteiger charge is 2.04. The molecule has 4 aromatic rings. The molecular weight excluding hydrogens is 500 g/mol. The third-order valence-electron chi connectivity index (χ3n) is 5.43. The molecule has 0 N–H and O–H groups in total. The predicted octanol–water partition coefficient (Wildman–Crippen LogP) is 6.85. The average molecular weight is 525 g/mol. The van der Waals surface area contributed by atoms with Crippen molar-refractivity contribution < 1.29 is 19.3 Å². The van der Waals surface area contributed by atoms with E-state index in [1.807, 2.05) is 48.5 Å². The molecule has 0 bridgehead atoms. The minimum absolute atomic E-state index is 0.0421. The molecule has 4 rings (SSSR count). The van der Waals surface area contributed by atoms with Gasteiger partial charge in [-0.1, -0.05) is 0 Å². The van der Waals surface area contributed by atoms with Crippen LogP contribution in [0.2, 0.25) is 0 Å². The Morgan fingerprint density at radius 1 is 0.564 bits per heavy atom. The second-order valence-corrected chi connectivity index (χ2v) is 8.25. The number of hydrogen-bond acceptors (Lipinski definition) is 8. The Morgan fingerprint density at radius 3 is 1.26 bits per heavy atom. The van der Waals surface area contributed by atoms with Gasteiger partial charge in [-0.2, -0.15) is 0 Å². The smallest absolute Gasteiger partial charge is 0.269 e. The normalized spacial score (nSPS) is 11.1. The van der Waals surface area contributed by atoms with Gasteiger partial charge in [0.25, 0.3) is 11.4 Å². The summed E-state index contributed by atoms with van der Waals surface area (Å²) in [4.78, 5) is 29.3. The first-order valence-corrected chi connectivity index (χ1v) is 12.0. The first kappa shape index (κ1) is 26.7. The summed E-state index contributed by atoms with van der Waals surface area (Å²) < 4.78 is 11.5. The maximum Gasteiger partial charge on any atom is 0.269 e. The third kappa shape index (κ3) is 8.32. The van der Waals surface area contributed by atoms with Crippen molar-refractivity contribution in [3.05, 3.63) is 128 Å². The number of hydrogen-bond donors (Lipinski definition) is 0. The number of non-ortho nitro benzene ring substituents is 2. The van der Waals surface area contributed by atoms with Gasteiger partial charge in [-0.15, -0.1) is 0 Å². The van der Waals surface area contributed by atoms with Gasteiger partial charge < -0.3 is 9.47 Å². The molecule has 0 radical (unpaired) electrons. The third-order valence-corrected chi connectivity index (χ3v) is 5.43. The van der Waals surface area contributed by atoms with Crippen LogP contribution in [-0.2, 0) is 0 Å². The molecule has 0 spiro atoms. The minimum atomic E-state index is -0.436. The fraction of sp³-hybridized carbons (Fsp3) is 0.103. The van der Waals surface area contributed by atoms with Gasteiger partial charge in [-0.25, -0.2) is 0 Å². The lowest BCUT2D eigenvalue weighted by Gasteiger charge is -2.08. The molecule has 10 nitrogen and oxygen atoms in total. The van der Waals surface area contributed by atoms with Gasteiger partial charge in [-0.05, 0) is 83.9 Å². The van der Waals surface area contributed by atoms with Crippen LogP contribution in [0.1, 0.15) is 17.5 Å². The zero-order valence-electron chi connectivity index (χ0n) is 20.8. The molecule has 0 saturated heterocycles. The summed E-state index contributed by atoms with van der Waals surface area (Å²) >= 11 is 0. The van der Waals surface area contributed by atoms with E-state index in [0.717, 1.165) is 34.0 Å². The molecule has 0 aliphatic heterocycles. The van der Waals surface area contributed by atoms with Crippen LogP contribution < -0.4 is 9.47 Å². The molecule has 0 aromatic heterocycles. The van der Waals surface area contributed by atoms with Crippen molar-refractivity contribution in [2.45, 2.75) is 6.42 Å². The topological polar surface area (TPSA) is 129 Å². The first-order valence-electron chi connectivity index (χ1n) is 12.0. The van der Waals surface area contributed by atoms with Gasteiger partial charge in [0.1, 0.15) is 11.5 Å². The maximum absolute atomic E-state index is 10.7. The Morgan fingerprint density at radius 2 is 0.923 bits per heavy atom. The standard InChI is InChI=1S/C29H24N4O6/c34-32(35)26-10-2-22(3-11-26)20-30-24-6-14-28(15-7-24)38-18-1-19-39-29-16-8-25(9-17-29)31-21-23-4-12-27(13-5-23)33(36)37/h2-17,20-21H,1,18-19H2. The van der Waals surface area contributed by atoms with Crippen LogP contribution in [0, 0.1) is 20.2 Å². The molecular formula is C29H24N4O6. The first-order chi connectivity index (χ1) is 19.0. The van der Waals surface area contributed by atoms with Gasteiger partial charge in [0.05, 0.1) is 34.4 Å². The van der Waals surface area contributed by atoms with Crippen LogP contribution in [0.15, 0.2) is 107 Å². The van der Waals surface area contributed by atoms with Crippen LogP contribution in [-0.4, -0.2) is 35.5 Å². The van der Waals surface area contributed by atoms with E-state index in [1.54, 1.807) is 36.7 Å². The van der Waals surface area contributed by atoms with Crippen molar-refractivity contribution in [2.75, 3.05) is 13.2 Å². The van der Waals surface area contributed by atoms with Gasteiger partial charge in [0, 0.05) is 43.1 Å². The van der Waals surface area contributed by atoms with E-state index >= 15 is 0 Å². The number of ether oxygens (including phenoxy) is 2. The molecule has 0 aliphatic rings. The highest BCUT2D eigenvalue weighted by atomic mass is 16.6. The molecule has 39 heavy (non-hydrogen) atoms. The lowest BCUT2D eigenvalue weighted by molar-refractivity contribution is -0.385. The Balaban J connectivity index is 1.16. The molecule has 196 valence electrons. The van der Waals surface area contributed by atoms with E-state index in [2.05, 4.69) is 9.98 Å². The van der Waals surface area contributed by atoms with E-state index < -0.39 is 9.85 Å². The molecule has 0 atom stereocenters. The van der Waals surface area contributed by atoms with Crippen molar-refractivity contribution in [3.8, 4) is 11.5 Å². The van der Waals surface area contributed by atoms with Crippen molar-refractivity contribution in [2.24, 2.45) is 9.98 Å². The Kier molecular flexibility index (Phi) is 9.06. The zero-order valence-corrected chi connectivity index (χ0v) is 20.8. The van der Waals surface area contributed by atoms with Crippen LogP contribution in [0.3, 0.4) is 0 Å². The second-order valence-electron chi connectivity index (χ2n) is 8.25. The molecule has 0 unspecified atom stereocenters. The van der Waals surface area contributed by atoms with Crippen LogP contribution in [0.4, 0.5) is 22.7 Å². The monoisotopic (exact) mass is 524 g/mol. The fourth-order valence-corrected chi connectivity index (χ4v) is 3.36. The molecule has 4 aromatic carbocycles. The molecule has 10 heteroatoms. The van der Waals surface area contributed by atoms with Gasteiger partial charge >= 0.3 is 0 Å². The van der Waals surface area contributed by atoms with Crippen molar-refractivity contribution in [1.82, 2.24) is 0 Å². The average Bonchev–Trinajstić information content (AvgIpc) is 2.96. The van der Waals surface area contributed by atoms with Crippen LogP contribution >= 0.6 is 0 Å². The number of aliphatic imine (C=N–C) groups is 2. The van der Waals surface area contributed by atoms with E-state index in [4.69, 9.17) is 9.47 Å². The summed E-state index contributed by atoms with van der Waals surface area (Å²) in [6, 6.07) is 27.0. The van der Waals surface area contributed by atoms with E-state index in [9.17, 15) is 20.2 Å².